The third-order valence-corrected chi connectivity index (χ3v) is 6.07. The molecular weight excluding hydrogens is 246 g/mol. The van der Waals surface area contributed by atoms with Crippen LogP contribution in [-0.4, -0.2) is 24.4 Å². The summed E-state index contributed by atoms with van der Waals surface area (Å²) >= 11 is 0. The van der Waals surface area contributed by atoms with Crippen molar-refractivity contribution in [1.82, 2.24) is 4.98 Å². The van der Waals surface area contributed by atoms with Gasteiger partial charge in [-0.25, -0.2) is 8.42 Å². The molecule has 1 fully saturated rings. The predicted octanol–water partition coefficient (Wildman–Crippen LogP) is 2.53. The Morgan fingerprint density at radius 3 is 2.72 bits per heavy atom. The van der Waals surface area contributed by atoms with Crippen LogP contribution in [0.2, 0.25) is 0 Å². The highest BCUT2D eigenvalue weighted by Gasteiger charge is 2.36. The number of para-hydroxylation sites is 1. The number of nitrogens with zero attached hydrogens (tertiary/aromatic N) is 1. The third-order valence-electron chi connectivity index (χ3n) is 3.79. The predicted molar refractivity (Wildman–Crippen MR) is 72.3 cm³/mol. The first-order chi connectivity index (χ1) is 8.58. The van der Waals surface area contributed by atoms with Crippen molar-refractivity contribution in [2.24, 2.45) is 0 Å². The summed E-state index contributed by atoms with van der Waals surface area (Å²) in [6, 6.07) is 9.87. The maximum absolute atomic E-state index is 11.9. The molecule has 94 valence electrons. The Bertz CT molecular complexity index is 689. The van der Waals surface area contributed by atoms with Gasteiger partial charge in [0.25, 0.3) is 0 Å². The number of rotatable bonds is 1. The normalized spacial score (nSPS) is 26.5. The molecule has 0 N–H and O–H groups in total. The van der Waals surface area contributed by atoms with Crippen molar-refractivity contribution in [3.63, 3.8) is 0 Å². The molecule has 1 aromatic carbocycles. The minimum atomic E-state index is -2.91. The van der Waals surface area contributed by atoms with Crippen LogP contribution in [0.5, 0.6) is 0 Å². The van der Waals surface area contributed by atoms with Gasteiger partial charge in [-0.3, -0.25) is 4.98 Å². The van der Waals surface area contributed by atoms with Crippen LogP contribution in [0.25, 0.3) is 10.9 Å². The molecule has 2 atom stereocenters. The van der Waals surface area contributed by atoms with Crippen molar-refractivity contribution in [3.05, 3.63) is 42.1 Å². The van der Waals surface area contributed by atoms with Crippen LogP contribution in [0.15, 0.2) is 36.5 Å². The fourth-order valence-electron chi connectivity index (χ4n) is 2.75. The van der Waals surface area contributed by atoms with E-state index in [2.05, 4.69) is 4.98 Å². The Hall–Kier alpha value is -1.42. The van der Waals surface area contributed by atoms with E-state index in [4.69, 9.17) is 0 Å². The molecule has 0 radical (unpaired) electrons. The molecule has 0 spiro atoms. The number of aromatic nitrogens is 1. The molecule has 0 bridgehead atoms. The summed E-state index contributed by atoms with van der Waals surface area (Å²) in [5.74, 6) is 0.375. The van der Waals surface area contributed by atoms with Crippen LogP contribution >= 0.6 is 0 Å². The van der Waals surface area contributed by atoms with Crippen LogP contribution in [0, 0.1) is 0 Å². The van der Waals surface area contributed by atoms with Gasteiger partial charge in [0.15, 0.2) is 9.84 Å². The van der Waals surface area contributed by atoms with Crippen LogP contribution < -0.4 is 0 Å². The lowest BCUT2D eigenvalue weighted by molar-refractivity contribution is 0.593. The molecule has 3 nitrogen and oxygen atoms in total. The van der Waals surface area contributed by atoms with Crippen molar-refractivity contribution in [2.45, 2.75) is 24.5 Å². The van der Waals surface area contributed by atoms with Crippen molar-refractivity contribution in [2.75, 3.05) is 5.75 Å². The van der Waals surface area contributed by atoms with Crippen LogP contribution in [0.3, 0.4) is 0 Å². The van der Waals surface area contributed by atoms with E-state index < -0.39 is 9.84 Å². The second kappa shape index (κ2) is 4.05. The van der Waals surface area contributed by atoms with E-state index in [9.17, 15) is 8.42 Å². The molecule has 4 heteroatoms. The SMILES string of the molecule is CC1CC(c2ccnc3ccccc23)CS1(=O)=O. The van der Waals surface area contributed by atoms with E-state index in [0.717, 1.165) is 22.9 Å². The van der Waals surface area contributed by atoms with Gasteiger partial charge in [0, 0.05) is 11.6 Å². The van der Waals surface area contributed by atoms with Crippen LogP contribution in [-0.2, 0) is 9.84 Å². The minimum Gasteiger partial charge on any atom is -0.256 e. The molecule has 1 saturated heterocycles. The Morgan fingerprint density at radius 2 is 2.00 bits per heavy atom. The molecule has 2 aromatic rings. The Kier molecular flexibility index (Phi) is 2.63. The standard InChI is InChI=1S/C14H15NO2S/c1-10-8-11(9-18(10,16)17)12-6-7-15-14-5-3-2-4-13(12)14/h2-7,10-11H,8-9H2,1H3. The average molecular weight is 261 g/mol. The zero-order valence-corrected chi connectivity index (χ0v) is 11.0. The van der Waals surface area contributed by atoms with Gasteiger partial charge in [0.05, 0.1) is 16.5 Å². The van der Waals surface area contributed by atoms with E-state index in [-0.39, 0.29) is 16.9 Å². The van der Waals surface area contributed by atoms with Gasteiger partial charge in [-0.05, 0) is 37.0 Å². The van der Waals surface area contributed by atoms with Gasteiger partial charge in [-0.2, -0.15) is 0 Å². The summed E-state index contributed by atoms with van der Waals surface area (Å²) in [4.78, 5) is 4.32. The summed E-state index contributed by atoms with van der Waals surface area (Å²) in [7, 11) is -2.91. The summed E-state index contributed by atoms with van der Waals surface area (Å²) in [6.45, 7) is 1.80. The quantitative estimate of drug-likeness (QED) is 0.792. The zero-order valence-electron chi connectivity index (χ0n) is 10.2. The van der Waals surface area contributed by atoms with Crippen molar-refractivity contribution in [1.29, 1.82) is 0 Å². The summed E-state index contributed by atoms with van der Waals surface area (Å²) in [5.41, 5.74) is 2.06. The first-order valence-corrected chi connectivity index (χ1v) is 7.85. The highest BCUT2D eigenvalue weighted by Crippen LogP contribution is 2.36. The monoisotopic (exact) mass is 261 g/mol. The number of benzene rings is 1. The third kappa shape index (κ3) is 1.81. The topological polar surface area (TPSA) is 47.0 Å². The Balaban J connectivity index is 2.11. The van der Waals surface area contributed by atoms with Gasteiger partial charge in [0.1, 0.15) is 0 Å². The van der Waals surface area contributed by atoms with E-state index in [1.54, 1.807) is 13.1 Å². The minimum absolute atomic E-state index is 0.109. The number of pyridine rings is 1. The molecule has 18 heavy (non-hydrogen) atoms. The zero-order chi connectivity index (χ0) is 12.8. The fraction of sp³-hybridized carbons (Fsp3) is 0.357. The van der Waals surface area contributed by atoms with Crippen molar-refractivity contribution in [3.8, 4) is 0 Å². The number of hydrogen-bond acceptors (Lipinski definition) is 3. The fourth-order valence-corrected chi connectivity index (χ4v) is 4.48. The highest BCUT2D eigenvalue weighted by atomic mass is 32.2. The van der Waals surface area contributed by atoms with E-state index in [1.807, 2.05) is 30.3 Å². The molecule has 1 aliphatic heterocycles. The largest absolute Gasteiger partial charge is 0.256 e. The average Bonchev–Trinajstić information content (AvgIpc) is 2.63. The molecule has 2 heterocycles. The molecule has 3 rings (SSSR count). The van der Waals surface area contributed by atoms with Gasteiger partial charge in [-0.1, -0.05) is 18.2 Å². The molecule has 1 aliphatic rings. The molecular formula is C14H15NO2S. The number of sulfone groups is 1. The van der Waals surface area contributed by atoms with Gasteiger partial charge in [-0.15, -0.1) is 0 Å². The van der Waals surface area contributed by atoms with Gasteiger partial charge < -0.3 is 0 Å². The lowest BCUT2D eigenvalue weighted by Gasteiger charge is -2.11. The van der Waals surface area contributed by atoms with Crippen molar-refractivity contribution < 1.29 is 8.42 Å². The van der Waals surface area contributed by atoms with E-state index in [0.29, 0.717) is 0 Å². The highest BCUT2D eigenvalue weighted by molar-refractivity contribution is 7.92. The van der Waals surface area contributed by atoms with E-state index in [1.165, 1.54) is 0 Å². The lowest BCUT2D eigenvalue weighted by atomic mass is 9.94. The van der Waals surface area contributed by atoms with Crippen molar-refractivity contribution >= 4 is 20.7 Å². The van der Waals surface area contributed by atoms with Crippen LogP contribution in [0.4, 0.5) is 0 Å². The molecule has 0 saturated carbocycles. The molecule has 0 aliphatic carbocycles. The second-order valence-corrected chi connectivity index (χ2v) is 7.45. The second-order valence-electron chi connectivity index (χ2n) is 4.99. The first kappa shape index (κ1) is 11.7. The van der Waals surface area contributed by atoms with E-state index >= 15 is 0 Å². The molecule has 1 aromatic heterocycles. The van der Waals surface area contributed by atoms with Gasteiger partial charge in [0.2, 0.25) is 0 Å². The lowest BCUT2D eigenvalue weighted by Crippen LogP contribution is -2.10. The summed E-state index contributed by atoms with van der Waals surface area (Å²) < 4.78 is 23.7. The summed E-state index contributed by atoms with van der Waals surface area (Å²) in [5, 5.41) is 0.851. The molecule has 2 unspecified atom stereocenters. The first-order valence-electron chi connectivity index (χ1n) is 6.13. The van der Waals surface area contributed by atoms with Gasteiger partial charge >= 0.3 is 0 Å². The maximum atomic E-state index is 11.9. The summed E-state index contributed by atoms with van der Waals surface area (Å²) in [6.07, 6.45) is 2.49. The van der Waals surface area contributed by atoms with Crippen LogP contribution in [0.1, 0.15) is 24.8 Å². The maximum Gasteiger partial charge on any atom is 0.153 e. The Morgan fingerprint density at radius 1 is 1.22 bits per heavy atom. The molecule has 0 amide bonds. The smallest absolute Gasteiger partial charge is 0.153 e. The Labute approximate surface area is 107 Å². The number of hydrogen-bond donors (Lipinski definition) is 0. The number of fused-ring (bicyclic) bond motifs is 1.